The standard InChI is InChI=1S/C23H39N5O2.HI/c1-19(2)30-17-16-28-14-11-21(12-15-28)26-23(25-18-22(29)27(3)4)24-13-10-20-8-6-5-7-9-20;/h5-9,19,21H,10-18H2,1-4H3,(H2,24,25,26);1H. The predicted octanol–water partition coefficient (Wildman–Crippen LogP) is 2.36. The molecule has 1 aromatic rings. The molecule has 1 aliphatic rings. The second-order valence-electron chi connectivity index (χ2n) is 8.30. The van der Waals surface area contributed by atoms with Gasteiger partial charge in [-0.2, -0.15) is 0 Å². The Balaban J connectivity index is 0.00000480. The number of piperidine rings is 1. The summed E-state index contributed by atoms with van der Waals surface area (Å²) in [6, 6.07) is 10.8. The van der Waals surface area contributed by atoms with Gasteiger partial charge in [0.2, 0.25) is 5.91 Å². The molecule has 1 aromatic carbocycles. The Morgan fingerprint density at radius 2 is 1.90 bits per heavy atom. The van der Waals surface area contributed by atoms with Crippen molar-refractivity contribution in [2.45, 2.75) is 45.3 Å². The number of guanidine groups is 1. The van der Waals surface area contributed by atoms with Crippen LogP contribution in [0.4, 0.5) is 0 Å². The van der Waals surface area contributed by atoms with Crippen molar-refractivity contribution < 1.29 is 9.53 Å². The van der Waals surface area contributed by atoms with Gasteiger partial charge in [-0.3, -0.25) is 4.79 Å². The van der Waals surface area contributed by atoms with Gasteiger partial charge in [0, 0.05) is 46.3 Å². The highest BCUT2D eigenvalue weighted by molar-refractivity contribution is 14.0. The number of halogens is 1. The number of likely N-dealkylation sites (N-methyl/N-ethyl adjacent to an activating group) is 1. The smallest absolute Gasteiger partial charge is 0.243 e. The highest BCUT2D eigenvalue weighted by Gasteiger charge is 2.20. The normalized spacial score (nSPS) is 15.5. The third kappa shape index (κ3) is 11.7. The van der Waals surface area contributed by atoms with E-state index in [9.17, 15) is 4.79 Å². The molecule has 176 valence electrons. The molecule has 0 bridgehead atoms. The quantitative estimate of drug-likeness (QED) is 0.269. The molecule has 0 radical (unpaired) electrons. The summed E-state index contributed by atoms with van der Waals surface area (Å²) in [5.74, 6) is 0.724. The number of aliphatic imine (C=N–C) groups is 1. The monoisotopic (exact) mass is 545 g/mol. The number of nitrogens with one attached hydrogen (secondary N) is 2. The number of carbonyl (C=O) groups excluding carboxylic acids is 1. The number of hydrogen-bond acceptors (Lipinski definition) is 4. The summed E-state index contributed by atoms with van der Waals surface area (Å²) < 4.78 is 5.67. The molecule has 0 atom stereocenters. The first-order valence-corrected chi connectivity index (χ1v) is 11.1. The fourth-order valence-corrected chi connectivity index (χ4v) is 3.32. The fourth-order valence-electron chi connectivity index (χ4n) is 3.32. The molecule has 0 aliphatic carbocycles. The molecule has 0 saturated carbocycles. The summed E-state index contributed by atoms with van der Waals surface area (Å²) in [7, 11) is 3.51. The van der Waals surface area contributed by atoms with Crippen molar-refractivity contribution in [3.8, 4) is 0 Å². The fraction of sp³-hybridized carbons (Fsp3) is 0.652. The van der Waals surface area contributed by atoms with Crippen molar-refractivity contribution in [2.75, 3.05) is 53.4 Å². The first-order valence-electron chi connectivity index (χ1n) is 11.1. The summed E-state index contributed by atoms with van der Waals surface area (Å²) in [5, 5.41) is 6.94. The number of amides is 1. The van der Waals surface area contributed by atoms with Crippen molar-refractivity contribution in [1.82, 2.24) is 20.4 Å². The molecule has 1 heterocycles. The van der Waals surface area contributed by atoms with Crippen molar-refractivity contribution >= 4 is 35.8 Å². The van der Waals surface area contributed by atoms with Gasteiger partial charge in [-0.05, 0) is 38.7 Å². The highest BCUT2D eigenvalue weighted by atomic mass is 127. The van der Waals surface area contributed by atoms with Gasteiger partial charge in [0.25, 0.3) is 0 Å². The SMILES string of the molecule is CC(C)OCCN1CCC(NC(=NCC(=O)N(C)C)NCCc2ccccc2)CC1.I. The van der Waals surface area contributed by atoms with Crippen LogP contribution in [0.15, 0.2) is 35.3 Å². The summed E-state index contributed by atoms with van der Waals surface area (Å²) in [5.41, 5.74) is 1.28. The second kappa shape index (κ2) is 15.4. The van der Waals surface area contributed by atoms with Gasteiger partial charge >= 0.3 is 0 Å². The van der Waals surface area contributed by atoms with Gasteiger partial charge in [-0.15, -0.1) is 24.0 Å². The lowest BCUT2D eigenvalue weighted by atomic mass is 10.1. The number of likely N-dealkylation sites (tertiary alicyclic amines) is 1. The Morgan fingerprint density at radius 3 is 2.52 bits per heavy atom. The molecule has 0 spiro atoms. The van der Waals surface area contributed by atoms with Crippen molar-refractivity contribution in [3.63, 3.8) is 0 Å². The number of hydrogen-bond donors (Lipinski definition) is 2. The maximum atomic E-state index is 12.0. The van der Waals surface area contributed by atoms with E-state index < -0.39 is 0 Å². The average Bonchev–Trinajstić information content (AvgIpc) is 2.73. The van der Waals surface area contributed by atoms with Crippen molar-refractivity contribution in [2.24, 2.45) is 4.99 Å². The third-order valence-corrected chi connectivity index (χ3v) is 5.21. The zero-order chi connectivity index (χ0) is 21.8. The molecule has 7 nitrogen and oxygen atoms in total. The minimum atomic E-state index is -0.000804. The number of carbonyl (C=O) groups is 1. The lowest BCUT2D eigenvalue weighted by Crippen LogP contribution is -2.49. The molecular weight excluding hydrogens is 505 g/mol. The molecule has 1 saturated heterocycles. The molecule has 1 fully saturated rings. The van der Waals surface area contributed by atoms with Crippen LogP contribution in [0.25, 0.3) is 0 Å². The molecule has 2 N–H and O–H groups in total. The summed E-state index contributed by atoms with van der Waals surface area (Å²) in [6.45, 7) is 8.94. The van der Waals surface area contributed by atoms with Crippen molar-refractivity contribution in [3.05, 3.63) is 35.9 Å². The molecular formula is C23H40IN5O2. The first kappa shape index (κ1) is 27.6. The van der Waals surface area contributed by atoms with E-state index in [1.165, 1.54) is 5.56 Å². The molecule has 1 amide bonds. The van der Waals surface area contributed by atoms with E-state index in [-0.39, 0.29) is 42.5 Å². The Labute approximate surface area is 205 Å². The average molecular weight is 546 g/mol. The van der Waals surface area contributed by atoms with E-state index in [2.05, 4.69) is 58.6 Å². The van der Waals surface area contributed by atoms with Crippen LogP contribution in [-0.4, -0.2) is 87.2 Å². The predicted molar refractivity (Wildman–Crippen MR) is 138 cm³/mol. The van der Waals surface area contributed by atoms with Gasteiger partial charge in [0.05, 0.1) is 12.7 Å². The molecule has 0 aromatic heterocycles. The van der Waals surface area contributed by atoms with Gasteiger partial charge in [0.15, 0.2) is 5.96 Å². The van der Waals surface area contributed by atoms with Crippen LogP contribution < -0.4 is 10.6 Å². The first-order chi connectivity index (χ1) is 14.4. The lowest BCUT2D eigenvalue weighted by Gasteiger charge is -2.33. The maximum Gasteiger partial charge on any atom is 0.243 e. The van der Waals surface area contributed by atoms with E-state index in [4.69, 9.17) is 4.74 Å². The van der Waals surface area contributed by atoms with Crippen LogP contribution >= 0.6 is 24.0 Å². The number of rotatable bonds is 10. The highest BCUT2D eigenvalue weighted by Crippen LogP contribution is 2.10. The summed E-state index contributed by atoms with van der Waals surface area (Å²) >= 11 is 0. The van der Waals surface area contributed by atoms with E-state index in [1.54, 1.807) is 19.0 Å². The van der Waals surface area contributed by atoms with Gasteiger partial charge in [-0.25, -0.2) is 4.99 Å². The van der Waals surface area contributed by atoms with Crippen LogP contribution in [0.5, 0.6) is 0 Å². The Kier molecular flexibility index (Phi) is 13.7. The number of ether oxygens (including phenoxy) is 1. The molecule has 31 heavy (non-hydrogen) atoms. The van der Waals surface area contributed by atoms with Gasteiger partial charge in [0.1, 0.15) is 6.54 Å². The van der Waals surface area contributed by atoms with Gasteiger partial charge in [-0.1, -0.05) is 30.3 Å². The largest absolute Gasteiger partial charge is 0.377 e. The zero-order valence-electron chi connectivity index (χ0n) is 19.5. The van der Waals surface area contributed by atoms with E-state index in [0.29, 0.717) is 6.04 Å². The van der Waals surface area contributed by atoms with E-state index in [0.717, 1.165) is 58.0 Å². The molecule has 1 aliphatic heterocycles. The Bertz CT molecular complexity index is 647. The third-order valence-electron chi connectivity index (χ3n) is 5.21. The van der Waals surface area contributed by atoms with Crippen LogP contribution in [0.3, 0.4) is 0 Å². The Morgan fingerprint density at radius 1 is 1.23 bits per heavy atom. The summed E-state index contributed by atoms with van der Waals surface area (Å²) in [4.78, 5) is 20.5. The lowest BCUT2D eigenvalue weighted by molar-refractivity contribution is -0.127. The Hall–Kier alpha value is -1.39. The van der Waals surface area contributed by atoms with Crippen molar-refractivity contribution in [1.29, 1.82) is 0 Å². The second-order valence-corrected chi connectivity index (χ2v) is 8.30. The minimum Gasteiger partial charge on any atom is -0.377 e. The van der Waals surface area contributed by atoms with Gasteiger partial charge < -0.3 is 25.2 Å². The van der Waals surface area contributed by atoms with E-state index in [1.807, 2.05) is 6.07 Å². The van der Waals surface area contributed by atoms with Crippen LogP contribution in [0, 0.1) is 0 Å². The minimum absolute atomic E-state index is 0. The maximum absolute atomic E-state index is 12.0. The van der Waals surface area contributed by atoms with Crippen LogP contribution in [0.1, 0.15) is 32.3 Å². The van der Waals surface area contributed by atoms with Crippen LogP contribution in [-0.2, 0) is 16.0 Å². The molecule has 2 rings (SSSR count). The van der Waals surface area contributed by atoms with Crippen LogP contribution in [0.2, 0.25) is 0 Å². The topological polar surface area (TPSA) is 69.2 Å². The van der Waals surface area contributed by atoms with E-state index >= 15 is 0 Å². The molecule has 8 heteroatoms. The number of nitrogens with zero attached hydrogens (tertiary/aromatic N) is 3. The zero-order valence-corrected chi connectivity index (χ0v) is 21.8. The summed E-state index contributed by atoms with van der Waals surface area (Å²) in [6.07, 6.45) is 3.32. The molecule has 0 unspecified atom stereocenters. The number of benzene rings is 1.